The number of benzene rings is 2. The molecule has 0 aliphatic heterocycles. The maximum atomic E-state index is 13.3. The van der Waals surface area contributed by atoms with Crippen LogP contribution in [0, 0.1) is 12.7 Å². The lowest BCUT2D eigenvalue weighted by Gasteiger charge is -2.13. The number of sulfonamides is 1. The van der Waals surface area contributed by atoms with Crippen LogP contribution in [0.2, 0.25) is 0 Å². The van der Waals surface area contributed by atoms with Crippen LogP contribution in [0.25, 0.3) is 0 Å². The van der Waals surface area contributed by atoms with E-state index in [1.807, 2.05) is 0 Å². The second-order valence-electron chi connectivity index (χ2n) is 4.37. The summed E-state index contributed by atoms with van der Waals surface area (Å²) in [6.45, 7) is 1.51. The van der Waals surface area contributed by atoms with Gasteiger partial charge in [0.05, 0.1) is 16.3 Å². The second-order valence-corrected chi connectivity index (χ2v) is 7.79. The minimum atomic E-state index is -3.87. The van der Waals surface area contributed by atoms with Crippen molar-refractivity contribution in [2.45, 2.75) is 11.8 Å². The summed E-state index contributed by atoms with van der Waals surface area (Å²) in [5, 5.41) is 0. The molecular weight excluding hydrogens is 427 g/mol. The lowest BCUT2D eigenvalue weighted by Crippen LogP contribution is -2.15. The molecule has 4 nitrogen and oxygen atoms in total. The van der Waals surface area contributed by atoms with Crippen molar-refractivity contribution in [1.82, 2.24) is 0 Å². The molecule has 0 aromatic heterocycles. The van der Waals surface area contributed by atoms with E-state index < -0.39 is 15.8 Å². The van der Waals surface area contributed by atoms with E-state index in [4.69, 9.17) is 5.73 Å². The summed E-state index contributed by atoms with van der Waals surface area (Å²) in [7, 11) is -3.87. The van der Waals surface area contributed by atoms with E-state index in [1.165, 1.54) is 6.92 Å². The van der Waals surface area contributed by atoms with Crippen LogP contribution >= 0.6 is 31.9 Å². The molecule has 0 spiro atoms. The number of nitrogen functional groups attached to an aromatic ring is 1. The number of nitrogens with two attached hydrogens (primary N) is 1. The smallest absolute Gasteiger partial charge is 0.262 e. The Kier molecular flexibility index (Phi) is 4.60. The van der Waals surface area contributed by atoms with Crippen LogP contribution in [0.4, 0.5) is 15.8 Å². The molecule has 21 heavy (non-hydrogen) atoms. The number of hydrogen-bond donors (Lipinski definition) is 2. The fourth-order valence-corrected chi connectivity index (χ4v) is 3.90. The van der Waals surface area contributed by atoms with Crippen LogP contribution in [0.15, 0.2) is 44.2 Å². The van der Waals surface area contributed by atoms with Gasteiger partial charge in [0.2, 0.25) is 0 Å². The molecule has 0 aliphatic rings. The third-order valence-corrected chi connectivity index (χ3v) is 5.45. The van der Waals surface area contributed by atoms with Gasteiger partial charge in [-0.25, -0.2) is 12.8 Å². The monoisotopic (exact) mass is 436 g/mol. The normalized spacial score (nSPS) is 11.4. The van der Waals surface area contributed by atoms with Gasteiger partial charge in [-0.1, -0.05) is 15.9 Å². The van der Waals surface area contributed by atoms with E-state index in [2.05, 4.69) is 36.6 Å². The zero-order chi connectivity index (χ0) is 15.8. The predicted molar refractivity (Wildman–Crippen MR) is 88.2 cm³/mol. The molecule has 2 aromatic rings. The van der Waals surface area contributed by atoms with Crippen molar-refractivity contribution in [1.29, 1.82) is 0 Å². The summed E-state index contributed by atoms with van der Waals surface area (Å²) in [5.41, 5.74) is 5.88. The average Bonchev–Trinajstić information content (AvgIpc) is 2.37. The van der Waals surface area contributed by atoms with Gasteiger partial charge in [-0.05, 0) is 58.7 Å². The molecule has 0 radical (unpaired) electrons. The zero-order valence-corrected chi connectivity index (χ0v) is 14.8. The van der Waals surface area contributed by atoms with Gasteiger partial charge < -0.3 is 5.73 Å². The highest BCUT2D eigenvalue weighted by atomic mass is 79.9. The lowest BCUT2D eigenvalue weighted by molar-refractivity contribution is 0.599. The number of aryl methyl sites for hydroxylation is 1. The van der Waals surface area contributed by atoms with Crippen molar-refractivity contribution in [3.63, 3.8) is 0 Å². The van der Waals surface area contributed by atoms with Gasteiger partial charge in [-0.2, -0.15) is 0 Å². The van der Waals surface area contributed by atoms with Crippen molar-refractivity contribution in [3.8, 4) is 0 Å². The van der Waals surface area contributed by atoms with Gasteiger partial charge in [-0.15, -0.1) is 0 Å². The number of halogens is 3. The van der Waals surface area contributed by atoms with Crippen LogP contribution in [-0.4, -0.2) is 8.42 Å². The molecule has 0 amide bonds. The second kappa shape index (κ2) is 5.94. The third kappa shape index (κ3) is 3.56. The molecule has 0 atom stereocenters. The Balaban J connectivity index is 2.48. The highest BCUT2D eigenvalue weighted by Crippen LogP contribution is 2.30. The number of nitrogens with one attached hydrogen (secondary N) is 1. The first kappa shape index (κ1) is 16.3. The first-order valence-corrected chi connectivity index (χ1v) is 8.81. The minimum absolute atomic E-state index is 0.0618. The Morgan fingerprint density at radius 2 is 1.86 bits per heavy atom. The van der Waals surface area contributed by atoms with Crippen LogP contribution in [0.1, 0.15) is 5.56 Å². The van der Waals surface area contributed by atoms with Gasteiger partial charge in [0.1, 0.15) is 5.82 Å². The summed E-state index contributed by atoms with van der Waals surface area (Å²) in [6.07, 6.45) is 0. The first-order chi connectivity index (χ1) is 9.70. The summed E-state index contributed by atoms with van der Waals surface area (Å²) in [5.74, 6) is -0.643. The van der Waals surface area contributed by atoms with E-state index >= 15 is 0 Å². The van der Waals surface area contributed by atoms with Crippen molar-refractivity contribution < 1.29 is 12.8 Å². The van der Waals surface area contributed by atoms with Crippen molar-refractivity contribution in [3.05, 3.63) is 50.7 Å². The molecule has 0 unspecified atom stereocenters. The number of rotatable bonds is 3. The van der Waals surface area contributed by atoms with E-state index in [0.29, 0.717) is 10.2 Å². The van der Waals surface area contributed by atoms with Crippen LogP contribution in [0.3, 0.4) is 0 Å². The molecule has 0 aliphatic carbocycles. The molecule has 0 bridgehead atoms. The van der Waals surface area contributed by atoms with E-state index in [-0.39, 0.29) is 16.1 Å². The Morgan fingerprint density at radius 3 is 2.52 bits per heavy atom. The van der Waals surface area contributed by atoms with Crippen LogP contribution < -0.4 is 10.5 Å². The van der Waals surface area contributed by atoms with Gasteiger partial charge in [0.15, 0.2) is 0 Å². The van der Waals surface area contributed by atoms with Gasteiger partial charge >= 0.3 is 0 Å². The topological polar surface area (TPSA) is 72.2 Å². The summed E-state index contributed by atoms with van der Waals surface area (Å²) in [6, 6.07) is 7.29. The van der Waals surface area contributed by atoms with Gasteiger partial charge in [0.25, 0.3) is 10.0 Å². The molecule has 0 saturated heterocycles. The Morgan fingerprint density at radius 1 is 1.19 bits per heavy atom. The highest BCUT2D eigenvalue weighted by Gasteiger charge is 2.20. The Bertz CT molecular complexity index is 810. The minimum Gasteiger partial charge on any atom is -0.396 e. The summed E-state index contributed by atoms with van der Waals surface area (Å²) < 4.78 is 41.9. The van der Waals surface area contributed by atoms with E-state index in [1.54, 1.807) is 18.2 Å². The standard InChI is InChI=1S/C13H11Br2FN2O2S/c1-7-4-10(16)11(17)6-13(7)21(19,20)18-12-5-8(14)2-3-9(12)15/h2-6,18H,17H2,1H3. The molecule has 112 valence electrons. The van der Waals surface area contributed by atoms with Gasteiger partial charge in [0, 0.05) is 8.95 Å². The number of hydrogen-bond acceptors (Lipinski definition) is 3. The summed E-state index contributed by atoms with van der Waals surface area (Å²) in [4.78, 5) is -0.0618. The SMILES string of the molecule is Cc1cc(F)c(N)cc1S(=O)(=O)Nc1cc(Br)ccc1Br. The lowest BCUT2D eigenvalue weighted by atomic mass is 10.2. The predicted octanol–water partition coefficient (Wildman–Crippen LogP) is 4.04. The summed E-state index contributed by atoms with van der Waals surface area (Å²) >= 11 is 6.54. The molecule has 2 rings (SSSR count). The third-order valence-electron chi connectivity index (χ3n) is 2.76. The fraction of sp³-hybridized carbons (Fsp3) is 0.0769. The van der Waals surface area contributed by atoms with Crippen LogP contribution in [0.5, 0.6) is 0 Å². The van der Waals surface area contributed by atoms with Crippen molar-refractivity contribution >= 4 is 53.3 Å². The number of anilines is 2. The quantitative estimate of drug-likeness (QED) is 0.711. The average molecular weight is 438 g/mol. The molecule has 0 fully saturated rings. The van der Waals surface area contributed by atoms with Crippen molar-refractivity contribution in [2.24, 2.45) is 0 Å². The largest absolute Gasteiger partial charge is 0.396 e. The zero-order valence-electron chi connectivity index (χ0n) is 10.8. The van der Waals surface area contributed by atoms with Gasteiger partial charge in [-0.3, -0.25) is 4.72 Å². The molecule has 3 N–H and O–H groups in total. The van der Waals surface area contributed by atoms with Crippen LogP contribution in [-0.2, 0) is 10.0 Å². The van der Waals surface area contributed by atoms with E-state index in [0.717, 1.165) is 16.6 Å². The highest BCUT2D eigenvalue weighted by molar-refractivity contribution is 9.11. The Labute approximate surface area is 138 Å². The van der Waals surface area contributed by atoms with E-state index in [9.17, 15) is 12.8 Å². The molecule has 2 aromatic carbocycles. The maximum Gasteiger partial charge on any atom is 0.262 e. The molecular formula is C13H11Br2FN2O2S. The molecule has 8 heteroatoms. The Hall–Kier alpha value is -1.12. The molecule has 0 saturated carbocycles. The first-order valence-electron chi connectivity index (χ1n) is 5.74. The fourth-order valence-electron chi connectivity index (χ4n) is 1.73. The maximum absolute atomic E-state index is 13.3. The van der Waals surface area contributed by atoms with Crippen molar-refractivity contribution in [2.75, 3.05) is 10.5 Å². The molecule has 0 heterocycles.